The lowest BCUT2D eigenvalue weighted by Crippen LogP contribution is -2.22. The minimum atomic E-state index is 0.428. The maximum Gasteiger partial charge on any atom is 0.142 e. The minimum Gasteiger partial charge on any atom is -0.398 e. The van der Waals surface area contributed by atoms with E-state index in [1.165, 1.54) is 0 Å². The minimum absolute atomic E-state index is 0.428. The van der Waals surface area contributed by atoms with Crippen LogP contribution < -0.4 is 10.6 Å². The van der Waals surface area contributed by atoms with Crippen LogP contribution in [0.5, 0.6) is 0 Å². The number of hydrogen-bond donors (Lipinski definition) is 1. The number of benzene rings is 1. The van der Waals surface area contributed by atoms with Crippen LogP contribution in [-0.2, 0) is 6.54 Å². The van der Waals surface area contributed by atoms with Crippen LogP contribution in [0.15, 0.2) is 42.6 Å². The monoisotopic (exact) mass is 252 g/mol. The van der Waals surface area contributed by atoms with Crippen LogP contribution in [0, 0.1) is 11.3 Å². The van der Waals surface area contributed by atoms with Crippen molar-refractivity contribution in [2.75, 3.05) is 17.2 Å². The third-order valence-electron chi connectivity index (χ3n) is 3.02. The van der Waals surface area contributed by atoms with Gasteiger partial charge in [0.2, 0.25) is 0 Å². The Balaban J connectivity index is 2.25. The molecule has 0 aliphatic heterocycles. The molecule has 0 aliphatic carbocycles. The molecule has 0 saturated carbocycles. The molecule has 4 nitrogen and oxygen atoms in total. The first-order valence-corrected chi connectivity index (χ1v) is 6.19. The van der Waals surface area contributed by atoms with Crippen molar-refractivity contribution >= 4 is 11.4 Å². The fourth-order valence-electron chi connectivity index (χ4n) is 1.95. The first kappa shape index (κ1) is 12.9. The van der Waals surface area contributed by atoms with Gasteiger partial charge in [-0.3, -0.25) is 0 Å². The lowest BCUT2D eigenvalue weighted by Gasteiger charge is -2.23. The summed E-state index contributed by atoms with van der Waals surface area (Å²) in [6, 6.07) is 13.6. The van der Waals surface area contributed by atoms with Gasteiger partial charge in [0.15, 0.2) is 0 Å². The highest BCUT2D eigenvalue weighted by Gasteiger charge is 2.08. The Bertz CT molecular complexity index is 601. The van der Waals surface area contributed by atoms with E-state index in [1.807, 2.05) is 30.3 Å². The van der Waals surface area contributed by atoms with Gasteiger partial charge in [0.05, 0.1) is 0 Å². The van der Waals surface area contributed by atoms with E-state index < -0.39 is 0 Å². The van der Waals surface area contributed by atoms with Gasteiger partial charge in [0, 0.05) is 30.7 Å². The van der Waals surface area contributed by atoms with Crippen LogP contribution in [0.25, 0.3) is 0 Å². The largest absolute Gasteiger partial charge is 0.398 e. The third-order valence-corrected chi connectivity index (χ3v) is 3.02. The molecule has 0 spiro atoms. The molecular weight excluding hydrogens is 236 g/mol. The molecule has 0 amide bonds. The van der Waals surface area contributed by atoms with Crippen LogP contribution in [0.4, 0.5) is 11.4 Å². The van der Waals surface area contributed by atoms with Crippen LogP contribution in [0.1, 0.15) is 18.2 Å². The second kappa shape index (κ2) is 5.87. The number of pyridine rings is 1. The zero-order valence-corrected chi connectivity index (χ0v) is 10.9. The van der Waals surface area contributed by atoms with E-state index >= 15 is 0 Å². The molecule has 2 N–H and O–H groups in total. The second-order valence-electron chi connectivity index (χ2n) is 4.22. The van der Waals surface area contributed by atoms with E-state index in [0.717, 1.165) is 30.0 Å². The Morgan fingerprint density at radius 1 is 1.32 bits per heavy atom. The molecule has 1 heterocycles. The Hall–Kier alpha value is -2.54. The standard InChI is InChI=1S/C15H16N4/c1-2-19(11-12-5-3-4-6-15(12)17)14-7-8-18-13(9-14)10-16/h3-9H,2,11,17H2,1H3. The molecule has 0 fully saturated rings. The van der Waals surface area contributed by atoms with Crippen molar-refractivity contribution < 1.29 is 0 Å². The summed E-state index contributed by atoms with van der Waals surface area (Å²) < 4.78 is 0. The molecule has 2 rings (SSSR count). The lowest BCUT2D eigenvalue weighted by molar-refractivity contribution is 0.831. The quantitative estimate of drug-likeness (QED) is 0.849. The molecule has 2 aromatic rings. The highest BCUT2D eigenvalue weighted by molar-refractivity contribution is 5.53. The van der Waals surface area contributed by atoms with Crippen LogP contribution >= 0.6 is 0 Å². The average molecular weight is 252 g/mol. The SMILES string of the molecule is CCN(Cc1ccccc1N)c1ccnc(C#N)c1. The van der Waals surface area contributed by atoms with Gasteiger partial charge in [-0.15, -0.1) is 0 Å². The molecule has 1 aromatic heterocycles. The molecular formula is C15H16N4. The predicted octanol–water partition coefficient (Wildman–Crippen LogP) is 2.56. The molecule has 0 radical (unpaired) electrons. The van der Waals surface area contributed by atoms with Gasteiger partial charge in [-0.05, 0) is 30.7 Å². The normalized spacial score (nSPS) is 9.89. The highest BCUT2D eigenvalue weighted by Crippen LogP contribution is 2.20. The maximum absolute atomic E-state index is 8.90. The van der Waals surface area contributed by atoms with Gasteiger partial charge in [-0.1, -0.05) is 18.2 Å². The summed E-state index contributed by atoms with van der Waals surface area (Å²) in [4.78, 5) is 6.15. The van der Waals surface area contributed by atoms with Crippen LogP contribution in [0.3, 0.4) is 0 Å². The fraction of sp³-hybridized carbons (Fsp3) is 0.200. The van der Waals surface area contributed by atoms with Crippen molar-refractivity contribution in [3.05, 3.63) is 53.9 Å². The molecule has 0 aliphatic rings. The molecule has 4 heteroatoms. The zero-order chi connectivity index (χ0) is 13.7. The Morgan fingerprint density at radius 3 is 2.79 bits per heavy atom. The molecule has 0 saturated heterocycles. The number of aromatic nitrogens is 1. The van der Waals surface area contributed by atoms with Gasteiger partial charge in [-0.2, -0.15) is 5.26 Å². The van der Waals surface area contributed by atoms with Gasteiger partial charge in [-0.25, -0.2) is 4.98 Å². The number of nitrogens with two attached hydrogens (primary N) is 1. The van der Waals surface area contributed by atoms with Crippen LogP contribution in [0.2, 0.25) is 0 Å². The molecule has 0 bridgehead atoms. The first-order valence-electron chi connectivity index (χ1n) is 6.19. The number of hydrogen-bond acceptors (Lipinski definition) is 4. The topological polar surface area (TPSA) is 65.9 Å². The Kier molecular flexibility index (Phi) is 3.99. The number of nitrogen functional groups attached to an aromatic ring is 1. The molecule has 96 valence electrons. The Labute approximate surface area is 113 Å². The van der Waals surface area contributed by atoms with E-state index in [0.29, 0.717) is 5.69 Å². The van der Waals surface area contributed by atoms with Crippen molar-refractivity contribution in [2.24, 2.45) is 0 Å². The molecule has 19 heavy (non-hydrogen) atoms. The van der Waals surface area contributed by atoms with Crippen molar-refractivity contribution in [1.82, 2.24) is 4.98 Å². The lowest BCUT2D eigenvalue weighted by atomic mass is 10.1. The summed E-state index contributed by atoms with van der Waals surface area (Å²) in [6.45, 7) is 3.63. The van der Waals surface area contributed by atoms with Gasteiger partial charge in [0.25, 0.3) is 0 Å². The van der Waals surface area contributed by atoms with Gasteiger partial charge >= 0.3 is 0 Å². The number of nitrogens with zero attached hydrogens (tertiary/aromatic N) is 3. The predicted molar refractivity (Wildman–Crippen MR) is 76.5 cm³/mol. The summed E-state index contributed by atoms with van der Waals surface area (Å²) in [5.41, 5.74) is 9.25. The smallest absolute Gasteiger partial charge is 0.142 e. The van der Waals surface area contributed by atoms with Gasteiger partial charge < -0.3 is 10.6 Å². The maximum atomic E-state index is 8.90. The van der Waals surface area contributed by atoms with E-state index in [4.69, 9.17) is 11.0 Å². The summed E-state index contributed by atoms with van der Waals surface area (Å²) in [6.07, 6.45) is 1.66. The third kappa shape index (κ3) is 3.02. The number of rotatable bonds is 4. The van der Waals surface area contributed by atoms with E-state index in [-0.39, 0.29) is 0 Å². The molecule has 0 unspecified atom stereocenters. The van der Waals surface area contributed by atoms with Crippen molar-refractivity contribution in [1.29, 1.82) is 5.26 Å². The molecule has 1 aromatic carbocycles. The van der Waals surface area contributed by atoms with Gasteiger partial charge in [0.1, 0.15) is 11.8 Å². The van der Waals surface area contributed by atoms with Crippen LogP contribution in [-0.4, -0.2) is 11.5 Å². The highest BCUT2D eigenvalue weighted by atomic mass is 15.1. The summed E-state index contributed by atoms with van der Waals surface area (Å²) in [5.74, 6) is 0. The number of nitriles is 1. The fourth-order valence-corrected chi connectivity index (χ4v) is 1.95. The zero-order valence-electron chi connectivity index (χ0n) is 10.9. The summed E-state index contributed by atoms with van der Waals surface area (Å²) in [5, 5.41) is 8.90. The van der Waals surface area contributed by atoms with E-state index in [9.17, 15) is 0 Å². The summed E-state index contributed by atoms with van der Waals surface area (Å²) >= 11 is 0. The van der Waals surface area contributed by atoms with Crippen molar-refractivity contribution in [3.63, 3.8) is 0 Å². The number of para-hydroxylation sites is 1. The first-order chi connectivity index (χ1) is 9.24. The molecule has 0 atom stereocenters. The number of anilines is 2. The average Bonchev–Trinajstić information content (AvgIpc) is 2.46. The second-order valence-corrected chi connectivity index (χ2v) is 4.22. The van der Waals surface area contributed by atoms with Crippen molar-refractivity contribution in [3.8, 4) is 6.07 Å². The van der Waals surface area contributed by atoms with E-state index in [1.54, 1.807) is 12.3 Å². The Morgan fingerprint density at radius 2 is 2.11 bits per heavy atom. The summed E-state index contributed by atoms with van der Waals surface area (Å²) in [7, 11) is 0. The van der Waals surface area contributed by atoms with Crippen molar-refractivity contribution in [2.45, 2.75) is 13.5 Å². The van der Waals surface area contributed by atoms with E-state index in [2.05, 4.69) is 22.9 Å².